The molecule has 2 aliphatic heterocycles. The van der Waals surface area contributed by atoms with Crippen LogP contribution in [0.2, 0.25) is 0 Å². The van der Waals surface area contributed by atoms with Crippen molar-refractivity contribution in [3.63, 3.8) is 0 Å². The van der Waals surface area contributed by atoms with Gasteiger partial charge in [0.2, 0.25) is 13.1 Å². The SMILES string of the molecule is C[C@@H]1CN(C(=O)c2ccc3c(c2)OCO3)O[C@@H](c2ccco2)O1. The molecule has 1 amide bonds. The van der Waals surface area contributed by atoms with Gasteiger partial charge < -0.3 is 18.6 Å². The number of amides is 1. The Morgan fingerprint density at radius 2 is 2.09 bits per heavy atom. The zero-order valence-corrected chi connectivity index (χ0v) is 12.4. The van der Waals surface area contributed by atoms with Crippen LogP contribution in [0.4, 0.5) is 0 Å². The summed E-state index contributed by atoms with van der Waals surface area (Å²) in [7, 11) is 0. The second-order valence-electron chi connectivity index (χ2n) is 5.33. The van der Waals surface area contributed by atoms with Crippen LogP contribution in [0.3, 0.4) is 0 Å². The Balaban J connectivity index is 1.55. The molecule has 2 atom stereocenters. The summed E-state index contributed by atoms with van der Waals surface area (Å²) in [6.45, 7) is 2.36. The minimum absolute atomic E-state index is 0.165. The number of fused-ring (bicyclic) bond motifs is 1. The van der Waals surface area contributed by atoms with Gasteiger partial charge in [0.25, 0.3) is 5.91 Å². The molecule has 7 nitrogen and oxygen atoms in total. The molecule has 0 radical (unpaired) electrons. The maximum absolute atomic E-state index is 12.7. The Morgan fingerprint density at radius 1 is 1.22 bits per heavy atom. The van der Waals surface area contributed by atoms with Gasteiger partial charge in [0.05, 0.1) is 18.9 Å². The Labute approximate surface area is 132 Å². The standard InChI is InChI=1S/C16H15NO6/c1-10-8-17(23-16(22-10)13-3-2-6-19-13)15(18)11-4-5-12-14(7-11)21-9-20-12/h2-7,10,16H,8-9H2,1H3/t10-,16+/m1/s1. The van der Waals surface area contributed by atoms with Gasteiger partial charge in [0, 0.05) is 5.56 Å². The molecular weight excluding hydrogens is 302 g/mol. The van der Waals surface area contributed by atoms with Crippen molar-refractivity contribution in [2.24, 2.45) is 0 Å². The molecule has 0 spiro atoms. The molecule has 120 valence electrons. The number of benzene rings is 1. The van der Waals surface area contributed by atoms with Crippen molar-refractivity contribution in [1.29, 1.82) is 0 Å². The lowest BCUT2D eigenvalue weighted by molar-refractivity contribution is -0.325. The third kappa shape index (κ3) is 2.64. The van der Waals surface area contributed by atoms with Gasteiger partial charge in [-0.2, -0.15) is 0 Å². The summed E-state index contributed by atoms with van der Waals surface area (Å²) < 4.78 is 21.5. The van der Waals surface area contributed by atoms with Crippen LogP contribution >= 0.6 is 0 Å². The first-order valence-corrected chi connectivity index (χ1v) is 7.28. The normalized spacial score (nSPS) is 23.1. The summed E-state index contributed by atoms with van der Waals surface area (Å²) in [6.07, 6.45) is 0.606. The second-order valence-corrected chi connectivity index (χ2v) is 5.33. The lowest BCUT2D eigenvalue weighted by atomic mass is 10.2. The molecule has 0 N–H and O–H groups in total. The molecule has 0 aliphatic carbocycles. The number of ether oxygens (including phenoxy) is 3. The fourth-order valence-electron chi connectivity index (χ4n) is 2.52. The summed E-state index contributed by atoms with van der Waals surface area (Å²) in [5, 5.41) is 1.29. The van der Waals surface area contributed by atoms with E-state index in [1.807, 2.05) is 6.92 Å². The molecule has 1 aromatic carbocycles. The quantitative estimate of drug-likeness (QED) is 0.847. The first kappa shape index (κ1) is 14.1. The molecular formula is C16H15NO6. The van der Waals surface area contributed by atoms with Gasteiger partial charge in [0.15, 0.2) is 17.3 Å². The molecule has 0 unspecified atom stereocenters. The zero-order chi connectivity index (χ0) is 15.8. The lowest BCUT2D eigenvalue weighted by Crippen LogP contribution is -2.44. The maximum Gasteiger partial charge on any atom is 0.277 e. The lowest BCUT2D eigenvalue weighted by Gasteiger charge is -2.34. The van der Waals surface area contributed by atoms with E-state index in [9.17, 15) is 4.79 Å². The summed E-state index contributed by atoms with van der Waals surface area (Å²) in [6, 6.07) is 8.53. The molecule has 1 aromatic heterocycles. The number of carbonyl (C=O) groups excluding carboxylic acids is 1. The van der Waals surface area contributed by atoms with Gasteiger partial charge in [0.1, 0.15) is 0 Å². The minimum atomic E-state index is -0.744. The van der Waals surface area contributed by atoms with E-state index < -0.39 is 6.29 Å². The van der Waals surface area contributed by atoms with Crippen LogP contribution in [-0.4, -0.2) is 30.4 Å². The molecule has 1 fully saturated rings. The van der Waals surface area contributed by atoms with Crippen molar-refractivity contribution in [2.45, 2.75) is 19.3 Å². The Morgan fingerprint density at radius 3 is 2.91 bits per heavy atom. The fraction of sp³-hybridized carbons (Fsp3) is 0.312. The highest BCUT2D eigenvalue weighted by Crippen LogP contribution is 2.34. The van der Waals surface area contributed by atoms with E-state index >= 15 is 0 Å². The third-order valence-corrected chi connectivity index (χ3v) is 3.62. The number of hydrogen-bond donors (Lipinski definition) is 0. The average Bonchev–Trinajstić information content (AvgIpc) is 3.24. The molecule has 7 heteroatoms. The predicted molar refractivity (Wildman–Crippen MR) is 76.7 cm³/mol. The minimum Gasteiger partial charge on any atom is -0.464 e. The first-order valence-electron chi connectivity index (χ1n) is 7.28. The third-order valence-electron chi connectivity index (χ3n) is 3.62. The van der Waals surface area contributed by atoms with Gasteiger partial charge in [-0.25, -0.2) is 9.90 Å². The van der Waals surface area contributed by atoms with Gasteiger partial charge in [-0.05, 0) is 37.3 Å². The van der Waals surface area contributed by atoms with Gasteiger partial charge in [-0.3, -0.25) is 4.79 Å². The van der Waals surface area contributed by atoms with Gasteiger partial charge in [-0.15, -0.1) is 0 Å². The van der Waals surface area contributed by atoms with Crippen LogP contribution in [0.25, 0.3) is 0 Å². The largest absolute Gasteiger partial charge is 0.464 e. The Kier molecular flexibility index (Phi) is 3.44. The monoisotopic (exact) mass is 317 g/mol. The van der Waals surface area contributed by atoms with Crippen molar-refractivity contribution < 1.29 is 28.3 Å². The highest BCUT2D eigenvalue weighted by Gasteiger charge is 2.33. The molecule has 23 heavy (non-hydrogen) atoms. The van der Waals surface area contributed by atoms with Crippen molar-refractivity contribution in [1.82, 2.24) is 5.06 Å². The van der Waals surface area contributed by atoms with Crippen molar-refractivity contribution >= 4 is 5.91 Å². The number of furan rings is 1. The van der Waals surface area contributed by atoms with E-state index in [1.165, 1.54) is 11.3 Å². The predicted octanol–water partition coefficient (Wildman–Crippen LogP) is 2.50. The zero-order valence-electron chi connectivity index (χ0n) is 12.4. The molecule has 0 bridgehead atoms. The van der Waals surface area contributed by atoms with Crippen LogP contribution in [0.5, 0.6) is 11.5 Å². The van der Waals surface area contributed by atoms with Crippen molar-refractivity contribution in [3.8, 4) is 11.5 Å². The topological polar surface area (TPSA) is 70.4 Å². The molecule has 2 aromatic rings. The van der Waals surface area contributed by atoms with Crippen LogP contribution < -0.4 is 9.47 Å². The summed E-state index contributed by atoms with van der Waals surface area (Å²) in [5.74, 6) is 1.43. The van der Waals surface area contributed by atoms with E-state index in [4.69, 9.17) is 23.5 Å². The summed E-state index contributed by atoms with van der Waals surface area (Å²) >= 11 is 0. The highest BCUT2D eigenvalue weighted by molar-refractivity contribution is 5.94. The van der Waals surface area contributed by atoms with Crippen LogP contribution in [-0.2, 0) is 9.57 Å². The highest BCUT2D eigenvalue weighted by atomic mass is 16.8. The van der Waals surface area contributed by atoms with E-state index in [0.29, 0.717) is 29.4 Å². The molecule has 1 saturated heterocycles. The first-order chi connectivity index (χ1) is 11.2. The Bertz CT molecular complexity index is 713. The number of rotatable bonds is 2. The number of nitrogens with zero attached hydrogens (tertiary/aromatic N) is 1. The summed E-state index contributed by atoms with van der Waals surface area (Å²) in [4.78, 5) is 18.3. The van der Waals surface area contributed by atoms with Crippen molar-refractivity contribution in [2.75, 3.05) is 13.3 Å². The van der Waals surface area contributed by atoms with Crippen LogP contribution in [0, 0.1) is 0 Å². The van der Waals surface area contributed by atoms with E-state index in [0.717, 1.165) is 0 Å². The van der Waals surface area contributed by atoms with Gasteiger partial charge in [-0.1, -0.05) is 0 Å². The van der Waals surface area contributed by atoms with E-state index in [2.05, 4.69) is 0 Å². The second kappa shape index (κ2) is 5.60. The van der Waals surface area contributed by atoms with Crippen LogP contribution in [0.15, 0.2) is 41.0 Å². The smallest absolute Gasteiger partial charge is 0.277 e. The van der Waals surface area contributed by atoms with E-state index in [-0.39, 0.29) is 18.8 Å². The number of hydroxylamine groups is 2. The fourth-order valence-corrected chi connectivity index (χ4v) is 2.52. The molecule has 4 rings (SSSR count). The van der Waals surface area contributed by atoms with Crippen molar-refractivity contribution in [3.05, 3.63) is 47.9 Å². The summed E-state index contributed by atoms with van der Waals surface area (Å²) in [5.41, 5.74) is 0.460. The average molecular weight is 317 g/mol. The molecule has 0 saturated carbocycles. The molecule has 2 aliphatic rings. The van der Waals surface area contributed by atoms with Gasteiger partial charge >= 0.3 is 0 Å². The number of hydrogen-bond acceptors (Lipinski definition) is 6. The molecule has 3 heterocycles. The maximum atomic E-state index is 12.7. The van der Waals surface area contributed by atoms with Crippen LogP contribution in [0.1, 0.15) is 29.3 Å². The number of carbonyl (C=O) groups is 1. The Hall–Kier alpha value is -2.51. The van der Waals surface area contributed by atoms with E-state index in [1.54, 1.807) is 30.3 Å².